The van der Waals surface area contributed by atoms with Crippen molar-refractivity contribution in [1.82, 2.24) is 4.90 Å². The van der Waals surface area contributed by atoms with Gasteiger partial charge in [0, 0.05) is 26.5 Å². The maximum Gasteiger partial charge on any atom is 0.354 e. The molecule has 4 rings (SSSR count). The fraction of sp³-hybridized carbons (Fsp3) is 0.400. The number of hydrogen-bond donors (Lipinski definition) is 0. The molecule has 0 spiro atoms. The minimum Gasteiger partial charge on any atom is -0.458 e. The SMILES string of the molecule is COCCN1C(=O)c2ccccc2N2C(=O)CCC12C(=O)OCc1ccc(C(C)C)cc1. The Balaban J connectivity index is 1.67. The van der Waals surface area contributed by atoms with Crippen LogP contribution in [0.4, 0.5) is 5.69 Å². The largest absolute Gasteiger partial charge is 0.458 e. The van der Waals surface area contributed by atoms with E-state index in [0.717, 1.165) is 5.56 Å². The minimum atomic E-state index is -1.50. The van der Waals surface area contributed by atoms with Crippen LogP contribution in [-0.4, -0.2) is 48.6 Å². The van der Waals surface area contributed by atoms with Crippen LogP contribution in [0.1, 0.15) is 54.1 Å². The lowest BCUT2D eigenvalue weighted by atomic mass is 9.96. The Labute approximate surface area is 187 Å². The number of nitrogens with zero attached hydrogens (tertiary/aromatic N) is 2. The van der Waals surface area contributed by atoms with E-state index in [1.807, 2.05) is 24.3 Å². The molecule has 7 nitrogen and oxygen atoms in total. The van der Waals surface area contributed by atoms with Gasteiger partial charge in [0.25, 0.3) is 5.91 Å². The molecule has 2 aliphatic heterocycles. The van der Waals surface area contributed by atoms with Crippen molar-refractivity contribution >= 4 is 23.5 Å². The summed E-state index contributed by atoms with van der Waals surface area (Å²) >= 11 is 0. The fourth-order valence-corrected chi connectivity index (χ4v) is 4.50. The summed E-state index contributed by atoms with van der Waals surface area (Å²) < 4.78 is 10.9. The average molecular weight is 437 g/mol. The first kappa shape index (κ1) is 22.0. The highest BCUT2D eigenvalue weighted by molar-refractivity contribution is 6.15. The van der Waals surface area contributed by atoms with Crippen molar-refractivity contribution in [3.8, 4) is 0 Å². The first-order chi connectivity index (χ1) is 15.4. The molecule has 2 amide bonds. The Morgan fingerprint density at radius 2 is 1.81 bits per heavy atom. The summed E-state index contributed by atoms with van der Waals surface area (Å²) in [4.78, 5) is 42.8. The van der Waals surface area contributed by atoms with E-state index >= 15 is 0 Å². The smallest absolute Gasteiger partial charge is 0.354 e. The minimum absolute atomic E-state index is 0.0644. The lowest BCUT2D eigenvalue weighted by Crippen LogP contribution is -2.68. The van der Waals surface area contributed by atoms with Gasteiger partial charge >= 0.3 is 5.97 Å². The molecule has 0 bridgehead atoms. The molecular weight excluding hydrogens is 408 g/mol. The highest BCUT2D eigenvalue weighted by Gasteiger charge is 2.61. The predicted molar refractivity (Wildman–Crippen MR) is 119 cm³/mol. The zero-order valence-corrected chi connectivity index (χ0v) is 18.7. The molecule has 2 heterocycles. The van der Waals surface area contributed by atoms with Crippen LogP contribution in [0.25, 0.3) is 0 Å². The quantitative estimate of drug-likeness (QED) is 0.621. The summed E-state index contributed by atoms with van der Waals surface area (Å²) in [6.45, 7) is 4.71. The summed E-state index contributed by atoms with van der Waals surface area (Å²) in [5, 5.41) is 0. The maximum absolute atomic E-state index is 13.6. The lowest BCUT2D eigenvalue weighted by Gasteiger charge is -2.48. The first-order valence-electron chi connectivity index (χ1n) is 10.9. The highest BCUT2D eigenvalue weighted by atomic mass is 16.5. The fourth-order valence-electron chi connectivity index (χ4n) is 4.50. The van der Waals surface area contributed by atoms with Gasteiger partial charge in [-0.2, -0.15) is 0 Å². The predicted octanol–water partition coefficient (Wildman–Crippen LogP) is 3.48. The summed E-state index contributed by atoms with van der Waals surface area (Å²) in [5.41, 5.74) is 1.39. The number of benzene rings is 2. The normalized spacial score (nSPS) is 19.9. The zero-order valence-electron chi connectivity index (χ0n) is 18.7. The zero-order chi connectivity index (χ0) is 22.9. The van der Waals surface area contributed by atoms with E-state index < -0.39 is 11.6 Å². The van der Waals surface area contributed by atoms with E-state index in [2.05, 4.69) is 13.8 Å². The standard InChI is InChI=1S/C25H28N2O5/c1-17(2)19-10-8-18(9-11-19)16-32-24(30)25-13-12-22(28)27(25)21-7-5-4-6-20(21)23(29)26(25)14-15-31-3/h4-11,17H,12-16H2,1-3H3. The molecule has 0 saturated carbocycles. The molecule has 1 atom stereocenters. The summed E-state index contributed by atoms with van der Waals surface area (Å²) in [7, 11) is 1.53. The summed E-state index contributed by atoms with van der Waals surface area (Å²) in [6, 6.07) is 14.8. The average Bonchev–Trinajstić information content (AvgIpc) is 3.16. The van der Waals surface area contributed by atoms with E-state index in [0.29, 0.717) is 17.2 Å². The lowest BCUT2D eigenvalue weighted by molar-refractivity contribution is -0.159. The molecule has 7 heteroatoms. The number of esters is 1. The van der Waals surface area contributed by atoms with Crippen LogP contribution >= 0.6 is 0 Å². The number of ether oxygens (including phenoxy) is 2. The Hall–Kier alpha value is -3.19. The number of carbonyl (C=O) groups is 3. The molecule has 1 saturated heterocycles. The van der Waals surface area contributed by atoms with Gasteiger partial charge in [-0.05, 0) is 29.2 Å². The van der Waals surface area contributed by atoms with Gasteiger partial charge in [-0.15, -0.1) is 0 Å². The molecule has 2 aliphatic rings. The van der Waals surface area contributed by atoms with Crippen LogP contribution in [0.15, 0.2) is 48.5 Å². The molecule has 0 N–H and O–H groups in total. The molecule has 2 aromatic carbocycles. The monoisotopic (exact) mass is 436 g/mol. The summed E-state index contributed by atoms with van der Waals surface area (Å²) in [6.07, 6.45) is 0.337. The topological polar surface area (TPSA) is 76.2 Å². The van der Waals surface area contributed by atoms with Crippen LogP contribution < -0.4 is 4.90 Å². The number of methoxy groups -OCH3 is 1. The molecule has 0 aromatic heterocycles. The Morgan fingerprint density at radius 1 is 1.09 bits per heavy atom. The number of hydrogen-bond acceptors (Lipinski definition) is 5. The molecule has 0 aliphatic carbocycles. The number of para-hydroxylation sites is 1. The van der Waals surface area contributed by atoms with E-state index in [9.17, 15) is 14.4 Å². The Morgan fingerprint density at radius 3 is 2.50 bits per heavy atom. The number of anilines is 1. The van der Waals surface area contributed by atoms with Gasteiger partial charge in [0.15, 0.2) is 0 Å². The van der Waals surface area contributed by atoms with Crippen LogP contribution in [-0.2, 0) is 25.7 Å². The van der Waals surface area contributed by atoms with Crippen molar-refractivity contribution in [3.63, 3.8) is 0 Å². The van der Waals surface area contributed by atoms with Crippen molar-refractivity contribution in [2.75, 3.05) is 25.2 Å². The van der Waals surface area contributed by atoms with Crippen LogP contribution in [0.3, 0.4) is 0 Å². The molecule has 32 heavy (non-hydrogen) atoms. The molecule has 0 radical (unpaired) electrons. The molecule has 168 valence electrons. The number of fused-ring (bicyclic) bond motifs is 3. The Bertz CT molecular complexity index is 1030. The number of rotatable bonds is 7. The van der Waals surface area contributed by atoms with E-state index in [1.54, 1.807) is 24.3 Å². The second kappa shape index (κ2) is 8.74. The van der Waals surface area contributed by atoms with Crippen molar-refractivity contribution in [3.05, 3.63) is 65.2 Å². The highest BCUT2D eigenvalue weighted by Crippen LogP contribution is 2.45. The number of carbonyl (C=O) groups excluding carboxylic acids is 3. The van der Waals surface area contributed by atoms with Crippen molar-refractivity contribution in [2.45, 2.75) is 44.9 Å². The molecule has 2 aromatic rings. The van der Waals surface area contributed by atoms with Crippen molar-refractivity contribution in [1.29, 1.82) is 0 Å². The third-order valence-corrected chi connectivity index (χ3v) is 6.24. The van der Waals surface area contributed by atoms with Crippen LogP contribution in [0, 0.1) is 0 Å². The van der Waals surface area contributed by atoms with Crippen molar-refractivity contribution in [2.24, 2.45) is 0 Å². The molecule has 1 unspecified atom stereocenters. The van der Waals surface area contributed by atoms with Crippen LogP contribution in [0.2, 0.25) is 0 Å². The van der Waals surface area contributed by atoms with Crippen LogP contribution in [0.5, 0.6) is 0 Å². The van der Waals surface area contributed by atoms with Gasteiger partial charge in [0.2, 0.25) is 11.6 Å². The molecule has 1 fully saturated rings. The first-order valence-corrected chi connectivity index (χ1v) is 10.9. The van der Waals surface area contributed by atoms with Crippen molar-refractivity contribution < 1.29 is 23.9 Å². The van der Waals surface area contributed by atoms with Gasteiger partial charge < -0.3 is 14.4 Å². The van der Waals surface area contributed by atoms with E-state index in [-0.39, 0.29) is 44.4 Å². The third kappa shape index (κ3) is 3.56. The maximum atomic E-state index is 13.6. The van der Waals surface area contributed by atoms with Gasteiger partial charge in [0.1, 0.15) is 6.61 Å². The second-order valence-electron chi connectivity index (χ2n) is 8.48. The van der Waals surface area contributed by atoms with Gasteiger partial charge in [0.05, 0.1) is 17.9 Å². The summed E-state index contributed by atoms with van der Waals surface area (Å²) in [5.74, 6) is -0.700. The van der Waals surface area contributed by atoms with Gasteiger partial charge in [-0.1, -0.05) is 50.2 Å². The molecular formula is C25H28N2O5. The third-order valence-electron chi connectivity index (χ3n) is 6.24. The van der Waals surface area contributed by atoms with E-state index in [1.165, 1.54) is 22.5 Å². The Kier molecular flexibility index (Phi) is 6.02. The number of amides is 2. The second-order valence-corrected chi connectivity index (χ2v) is 8.48. The van der Waals surface area contributed by atoms with E-state index in [4.69, 9.17) is 9.47 Å². The van der Waals surface area contributed by atoms with Gasteiger partial charge in [-0.25, -0.2) is 4.79 Å². The van der Waals surface area contributed by atoms with Gasteiger partial charge in [-0.3, -0.25) is 14.5 Å².